The van der Waals surface area contributed by atoms with Crippen LogP contribution in [0, 0.1) is 12.8 Å². The topological polar surface area (TPSA) is 51.5 Å². The Morgan fingerprint density at radius 2 is 2.29 bits per heavy atom. The Morgan fingerprint density at radius 3 is 3.00 bits per heavy atom. The van der Waals surface area contributed by atoms with Gasteiger partial charge in [-0.3, -0.25) is 0 Å². The van der Waals surface area contributed by atoms with Crippen molar-refractivity contribution in [1.82, 2.24) is 19.9 Å². The van der Waals surface area contributed by atoms with Crippen LogP contribution in [0.4, 0.5) is 0 Å². The van der Waals surface area contributed by atoms with Crippen molar-refractivity contribution in [1.29, 1.82) is 0 Å². The zero-order valence-corrected chi connectivity index (χ0v) is 14.0. The zero-order chi connectivity index (χ0) is 15.0. The molecule has 5 nitrogen and oxygen atoms in total. The molecular formula is C15H24N4OS. The number of hydrogen-bond donors (Lipinski definition) is 1. The van der Waals surface area contributed by atoms with Crippen molar-refractivity contribution in [2.24, 2.45) is 5.92 Å². The third-order valence-corrected chi connectivity index (χ3v) is 4.97. The molecule has 0 aromatic carbocycles. The molecule has 116 valence electrons. The summed E-state index contributed by atoms with van der Waals surface area (Å²) in [6.45, 7) is 11.2. The molecule has 2 atom stereocenters. The smallest absolute Gasteiger partial charge is 0.212 e. The van der Waals surface area contributed by atoms with Crippen molar-refractivity contribution in [2.45, 2.75) is 52.6 Å². The standard InChI is InChI=1S/C15H24N4OS/c1-9(2)14-13(19-15(17-14)21-11(4)18-19)7-16-12-5-6-20-8-10(12)3/h9-10,12,16H,5-8H2,1-4H3. The molecule has 3 heterocycles. The van der Waals surface area contributed by atoms with E-state index in [2.05, 4.69) is 31.2 Å². The molecule has 3 rings (SSSR count). The quantitative estimate of drug-likeness (QED) is 0.943. The highest BCUT2D eigenvalue weighted by molar-refractivity contribution is 7.16. The molecule has 2 unspecified atom stereocenters. The monoisotopic (exact) mass is 308 g/mol. The first kappa shape index (κ1) is 14.9. The lowest BCUT2D eigenvalue weighted by atomic mass is 9.97. The Morgan fingerprint density at radius 1 is 1.48 bits per heavy atom. The Balaban J connectivity index is 1.82. The van der Waals surface area contributed by atoms with Gasteiger partial charge in [0, 0.05) is 19.2 Å². The second-order valence-corrected chi connectivity index (χ2v) is 7.40. The minimum absolute atomic E-state index is 0.420. The van der Waals surface area contributed by atoms with E-state index < -0.39 is 0 Å². The van der Waals surface area contributed by atoms with Crippen LogP contribution in [0.25, 0.3) is 4.96 Å². The van der Waals surface area contributed by atoms with Crippen LogP contribution in [-0.4, -0.2) is 33.9 Å². The molecule has 1 aliphatic heterocycles. The van der Waals surface area contributed by atoms with Gasteiger partial charge in [0.15, 0.2) is 0 Å². The van der Waals surface area contributed by atoms with Crippen molar-refractivity contribution < 1.29 is 4.74 Å². The maximum Gasteiger partial charge on any atom is 0.212 e. The molecule has 0 spiro atoms. The van der Waals surface area contributed by atoms with Crippen LogP contribution in [0.1, 0.15) is 49.5 Å². The number of aryl methyl sites for hydroxylation is 1. The van der Waals surface area contributed by atoms with Gasteiger partial charge in [-0.15, -0.1) is 0 Å². The van der Waals surface area contributed by atoms with E-state index in [9.17, 15) is 0 Å². The van der Waals surface area contributed by atoms with Crippen LogP contribution in [0.15, 0.2) is 0 Å². The molecule has 1 saturated heterocycles. The fourth-order valence-electron chi connectivity index (χ4n) is 2.94. The van der Waals surface area contributed by atoms with Crippen molar-refractivity contribution >= 4 is 16.3 Å². The highest BCUT2D eigenvalue weighted by atomic mass is 32.1. The van der Waals surface area contributed by atoms with E-state index in [1.54, 1.807) is 11.3 Å². The number of imidazole rings is 1. The highest BCUT2D eigenvalue weighted by Crippen LogP contribution is 2.24. The Kier molecular flexibility index (Phi) is 4.28. The molecule has 2 aromatic heterocycles. The number of ether oxygens (including phenoxy) is 1. The van der Waals surface area contributed by atoms with Gasteiger partial charge in [-0.05, 0) is 25.2 Å². The van der Waals surface area contributed by atoms with Gasteiger partial charge in [-0.25, -0.2) is 9.50 Å². The summed E-state index contributed by atoms with van der Waals surface area (Å²) >= 11 is 1.66. The Labute approximate surface area is 129 Å². The number of rotatable bonds is 4. The van der Waals surface area contributed by atoms with Gasteiger partial charge in [-0.2, -0.15) is 5.10 Å². The lowest BCUT2D eigenvalue weighted by Gasteiger charge is -2.29. The fourth-order valence-corrected chi connectivity index (χ4v) is 3.71. The third-order valence-electron chi connectivity index (χ3n) is 4.15. The van der Waals surface area contributed by atoms with Gasteiger partial charge >= 0.3 is 0 Å². The summed E-state index contributed by atoms with van der Waals surface area (Å²) in [6.07, 6.45) is 1.08. The van der Waals surface area contributed by atoms with Crippen LogP contribution in [-0.2, 0) is 11.3 Å². The molecule has 1 N–H and O–H groups in total. The molecule has 2 aromatic rings. The number of nitrogens with one attached hydrogen (secondary N) is 1. The zero-order valence-electron chi connectivity index (χ0n) is 13.2. The van der Waals surface area contributed by atoms with Gasteiger partial charge in [0.2, 0.25) is 4.96 Å². The average Bonchev–Trinajstić information content (AvgIpc) is 2.94. The van der Waals surface area contributed by atoms with E-state index in [4.69, 9.17) is 9.72 Å². The van der Waals surface area contributed by atoms with Crippen LogP contribution in [0.5, 0.6) is 0 Å². The number of nitrogens with zero attached hydrogens (tertiary/aromatic N) is 3. The number of hydrogen-bond acceptors (Lipinski definition) is 5. The van der Waals surface area contributed by atoms with Gasteiger partial charge in [0.25, 0.3) is 0 Å². The highest BCUT2D eigenvalue weighted by Gasteiger charge is 2.23. The Hall–Kier alpha value is -0.980. The van der Waals surface area contributed by atoms with Crippen molar-refractivity contribution in [3.63, 3.8) is 0 Å². The first-order valence-electron chi connectivity index (χ1n) is 7.72. The van der Waals surface area contributed by atoms with Crippen LogP contribution in [0.2, 0.25) is 0 Å². The van der Waals surface area contributed by atoms with Crippen molar-refractivity contribution in [3.8, 4) is 0 Å². The largest absolute Gasteiger partial charge is 0.381 e. The molecule has 1 aliphatic rings. The van der Waals surface area contributed by atoms with Gasteiger partial charge in [0.05, 0.1) is 18.0 Å². The number of aromatic nitrogens is 3. The first-order chi connectivity index (χ1) is 10.1. The van der Waals surface area contributed by atoms with Crippen molar-refractivity contribution in [3.05, 3.63) is 16.4 Å². The van der Waals surface area contributed by atoms with Crippen LogP contribution < -0.4 is 5.32 Å². The molecule has 0 radical (unpaired) electrons. The Bertz CT molecular complexity index is 618. The lowest BCUT2D eigenvalue weighted by molar-refractivity contribution is 0.0385. The summed E-state index contributed by atoms with van der Waals surface area (Å²) in [4.78, 5) is 5.78. The average molecular weight is 308 g/mol. The predicted octanol–water partition coefficient (Wildman–Crippen LogP) is 2.74. The molecular weight excluding hydrogens is 284 g/mol. The van der Waals surface area contributed by atoms with E-state index in [1.807, 2.05) is 11.4 Å². The van der Waals surface area contributed by atoms with E-state index >= 15 is 0 Å². The summed E-state index contributed by atoms with van der Waals surface area (Å²) in [5.41, 5.74) is 2.38. The summed E-state index contributed by atoms with van der Waals surface area (Å²) in [5.74, 6) is 0.977. The normalized spacial score (nSPS) is 23.3. The van der Waals surface area contributed by atoms with E-state index in [0.717, 1.165) is 36.1 Å². The van der Waals surface area contributed by atoms with Crippen molar-refractivity contribution in [2.75, 3.05) is 13.2 Å². The van der Waals surface area contributed by atoms with E-state index in [1.165, 1.54) is 11.4 Å². The summed E-state index contributed by atoms with van der Waals surface area (Å²) in [7, 11) is 0. The van der Waals surface area contributed by atoms with E-state index in [-0.39, 0.29) is 0 Å². The minimum atomic E-state index is 0.420. The molecule has 0 aliphatic carbocycles. The first-order valence-corrected chi connectivity index (χ1v) is 8.54. The fraction of sp³-hybridized carbons (Fsp3) is 0.733. The minimum Gasteiger partial charge on any atom is -0.381 e. The van der Waals surface area contributed by atoms with Gasteiger partial charge < -0.3 is 10.1 Å². The predicted molar refractivity (Wildman–Crippen MR) is 84.9 cm³/mol. The molecule has 0 saturated carbocycles. The lowest BCUT2D eigenvalue weighted by Crippen LogP contribution is -2.41. The third kappa shape index (κ3) is 2.98. The molecule has 6 heteroatoms. The maximum absolute atomic E-state index is 5.52. The second-order valence-electron chi connectivity index (χ2n) is 6.24. The molecule has 0 bridgehead atoms. The van der Waals surface area contributed by atoms with Gasteiger partial charge in [-0.1, -0.05) is 32.1 Å². The maximum atomic E-state index is 5.52. The summed E-state index contributed by atoms with van der Waals surface area (Å²) in [5, 5.41) is 9.36. The van der Waals surface area contributed by atoms with Crippen LogP contribution in [0.3, 0.4) is 0 Å². The van der Waals surface area contributed by atoms with E-state index in [0.29, 0.717) is 17.9 Å². The summed E-state index contributed by atoms with van der Waals surface area (Å²) < 4.78 is 7.54. The summed E-state index contributed by atoms with van der Waals surface area (Å²) in [6, 6.07) is 0.518. The SMILES string of the molecule is Cc1nn2c(CNC3CCOCC3C)c(C(C)C)nc2s1. The molecule has 21 heavy (non-hydrogen) atoms. The van der Waals surface area contributed by atoms with Gasteiger partial charge in [0.1, 0.15) is 5.01 Å². The van der Waals surface area contributed by atoms with Crippen LogP contribution >= 0.6 is 11.3 Å². The molecule has 1 fully saturated rings. The number of fused-ring (bicyclic) bond motifs is 1. The second kappa shape index (κ2) is 6.02. The molecule has 0 amide bonds.